The molecule has 0 spiro atoms. The van der Waals surface area contributed by atoms with Gasteiger partial charge in [-0.05, 0) is 0 Å². The molecule has 11 heavy (non-hydrogen) atoms. The number of rotatable bonds is 0. The molecule has 0 fully saturated rings. The second-order valence-electron chi connectivity index (χ2n) is 1.41. The summed E-state index contributed by atoms with van der Waals surface area (Å²) in [5.41, 5.74) is 15.4. The second-order valence-corrected chi connectivity index (χ2v) is 1.41. The van der Waals surface area contributed by atoms with Gasteiger partial charge in [0.1, 0.15) is 0 Å². The van der Waals surface area contributed by atoms with Crippen LogP contribution in [0.15, 0.2) is 0 Å². The van der Waals surface area contributed by atoms with Gasteiger partial charge in [-0.3, -0.25) is 0 Å². The molecule has 6 nitrogen and oxygen atoms in total. The monoisotopic (exact) mass is 220 g/mol. The van der Waals surface area contributed by atoms with Gasteiger partial charge < -0.3 is 17.2 Å². The van der Waals surface area contributed by atoms with Gasteiger partial charge in [0.15, 0.2) is 17.4 Å². The van der Waals surface area contributed by atoms with Gasteiger partial charge in [0.25, 0.3) is 0 Å². The molecule has 0 aliphatic rings. The van der Waals surface area contributed by atoms with Crippen LogP contribution in [0.3, 0.4) is 0 Å². The van der Waals surface area contributed by atoms with Gasteiger partial charge in [0, 0.05) is 19.5 Å². The summed E-state index contributed by atoms with van der Waals surface area (Å²) in [7, 11) is 0. The summed E-state index contributed by atoms with van der Waals surface area (Å²) in [4.78, 5) is 10.5. The molecule has 1 rings (SSSR count). The van der Waals surface area contributed by atoms with Crippen molar-refractivity contribution in [1.82, 2.24) is 15.0 Å². The zero-order valence-corrected chi connectivity index (χ0v) is 8.25. The SMILES string of the molecule is Nc1nc(N)nc(N)n1.[AlH3].[Zn]. The smallest absolute Gasteiger partial charge is 0.226 e. The molecule has 0 amide bonds. The first-order chi connectivity index (χ1) is 4.18. The number of anilines is 3. The zero-order chi connectivity index (χ0) is 6.85. The van der Waals surface area contributed by atoms with E-state index in [4.69, 9.17) is 17.2 Å². The maximum absolute atomic E-state index is 5.14. The summed E-state index contributed by atoms with van der Waals surface area (Å²) >= 11 is 0. The Morgan fingerprint density at radius 1 is 0.727 bits per heavy atom. The van der Waals surface area contributed by atoms with Gasteiger partial charge in [-0.1, -0.05) is 0 Å². The molecule has 0 aromatic carbocycles. The summed E-state index contributed by atoms with van der Waals surface area (Å²) in [6.45, 7) is 0. The van der Waals surface area contributed by atoms with Crippen LogP contribution in [0.25, 0.3) is 0 Å². The molecule has 8 heteroatoms. The van der Waals surface area contributed by atoms with Crippen LogP contribution in [-0.2, 0) is 19.5 Å². The standard InChI is InChI=1S/C3H6N6.Al.Zn.3H/c4-1-7-2(5)9-3(6)8-1;;;;;/h(H6,4,5,6,7,8,9);;;;;. The number of hydrogen-bond acceptors (Lipinski definition) is 6. The fourth-order valence-electron chi connectivity index (χ4n) is 0.427. The summed E-state index contributed by atoms with van der Waals surface area (Å²) in [6, 6.07) is 0. The molecule has 1 aromatic heterocycles. The number of nitrogen functional groups attached to an aromatic ring is 3. The Bertz CT molecular complexity index is 179. The minimum absolute atomic E-state index is 0. The third kappa shape index (κ3) is 4.09. The van der Waals surface area contributed by atoms with Gasteiger partial charge in [0.05, 0.1) is 0 Å². The first kappa shape index (κ1) is 13.2. The maximum atomic E-state index is 5.14. The normalized spacial score (nSPS) is 7.64. The molecule has 0 aliphatic carbocycles. The molecule has 56 valence electrons. The Labute approximate surface area is 86.9 Å². The van der Waals surface area contributed by atoms with E-state index < -0.39 is 0 Å². The first-order valence-corrected chi connectivity index (χ1v) is 2.21. The second kappa shape index (κ2) is 5.25. The van der Waals surface area contributed by atoms with Crippen molar-refractivity contribution in [3.8, 4) is 0 Å². The Morgan fingerprint density at radius 2 is 0.909 bits per heavy atom. The molecule has 0 unspecified atom stereocenters. The third-order valence-electron chi connectivity index (χ3n) is 0.687. The molecule has 0 saturated carbocycles. The maximum Gasteiger partial charge on any atom is 0.226 e. The average Bonchev–Trinajstić information content (AvgIpc) is 1.59. The molecule has 0 atom stereocenters. The van der Waals surface area contributed by atoms with Crippen molar-refractivity contribution in [2.45, 2.75) is 0 Å². The summed E-state index contributed by atoms with van der Waals surface area (Å²) in [6.07, 6.45) is 0. The Morgan fingerprint density at radius 3 is 1.09 bits per heavy atom. The van der Waals surface area contributed by atoms with E-state index in [-0.39, 0.29) is 54.7 Å². The van der Waals surface area contributed by atoms with E-state index in [0.29, 0.717) is 0 Å². The number of hydrogen-bond donors (Lipinski definition) is 3. The van der Waals surface area contributed by atoms with E-state index in [1.807, 2.05) is 0 Å². The van der Waals surface area contributed by atoms with E-state index in [1.54, 1.807) is 0 Å². The van der Waals surface area contributed by atoms with Gasteiger partial charge in [-0.2, -0.15) is 15.0 Å². The summed E-state index contributed by atoms with van der Waals surface area (Å²) in [5, 5.41) is 0. The van der Waals surface area contributed by atoms with Crippen molar-refractivity contribution in [2.24, 2.45) is 0 Å². The van der Waals surface area contributed by atoms with Crippen molar-refractivity contribution < 1.29 is 19.5 Å². The Hall–Kier alpha value is -0.434. The van der Waals surface area contributed by atoms with Crippen molar-refractivity contribution in [1.29, 1.82) is 0 Å². The van der Waals surface area contributed by atoms with Gasteiger partial charge in [0.2, 0.25) is 17.8 Å². The van der Waals surface area contributed by atoms with Crippen LogP contribution in [-0.4, -0.2) is 32.3 Å². The van der Waals surface area contributed by atoms with E-state index in [2.05, 4.69) is 15.0 Å². The van der Waals surface area contributed by atoms with Crippen LogP contribution < -0.4 is 17.2 Å². The van der Waals surface area contributed by atoms with Crippen LogP contribution in [0.1, 0.15) is 0 Å². The molecule has 6 N–H and O–H groups in total. The Kier molecular flexibility index (Phi) is 6.29. The molecule has 0 saturated heterocycles. The van der Waals surface area contributed by atoms with Crippen LogP contribution in [0.4, 0.5) is 17.8 Å². The third-order valence-corrected chi connectivity index (χ3v) is 0.687. The molecule has 1 aromatic rings. The van der Waals surface area contributed by atoms with Crippen molar-refractivity contribution >= 4 is 35.2 Å². The summed E-state index contributed by atoms with van der Waals surface area (Å²) in [5.74, 6) is 0.125. The first-order valence-electron chi connectivity index (χ1n) is 2.21. The van der Waals surface area contributed by atoms with E-state index in [9.17, 15) is 0 Å². The molecular weight excluding hydrogens is 212 g/mol. The topological polar surface area (TPSA) is 117 Å². The minimum atomic E-state index is 0. The van der Waals surface area contributed by atoms with E-state index >= 15 is 0 Å². The number of nitrogens with two attached hydrogens (primary N) is 3. The number of aromatic nitrogens is 3. The van der Waals surface area contributed by atoms with Crippen LogP contribution in [0, 0.1) is 0 Å². The van der Waals surface area contributed by atoms with Crippen LogP contribution in [0.2, 0.25) is 0 Å². The molecule has 0 radical (unpaired) electrons. The zero-order valence-electron chi connectivity index (χ0n) is 5.28. The predicted molar refractivity (Wildman–Crippen MR) is 43.0 cm³/mol. The van der Waals surface area contributed by atoms with Crippen molar-refractivity contribution in [3.63, 3.8) is 0 Å². The van der Waals surface area contributed by atoms with Crippen molar-refractivity contribution in [3.05, 3.63) is 0 Å². The average molecular weight is 222 g/mol. The molecule has 0 bridgehead atoms. The van der Waals surface area contributed by atoms with Crippen LogP contribution >= 0.6 is 0 Å². The van der Waals surface area contributed by atoms with Crippen LogP contribution in [0.5, 0.6) is 0 Å². The summed E-state index contributed by atoms with van der Waals surface area (Å²) < 4.78 is 0. The quantitative estimate of drug-likeness (QED) is 0.415. The molecular formula is C3H9AlN6Zn. The molecule has 0 aliphatic heterocycles. The molecule has 1 heterocycles. The van der Waals surface area contributed by atoms with Gasteiger partial charge in [-0.15, -0.1) is 0 Å². The van der Waals surface area contributed by atoms with Gasteiger partial charge in [-0.25, -0.2) is 0 Å². The van der Waals surface area contributed by atoms with Crippen molar-refractivity contribution in [2.75, 3.05) is 17.2 Å². The predicted octanol–water partition coefficient (Wildman–Crippen LogP) is -2.57. The minimum Gasteiger partial charge on any atom is -0.368 e. The van der Waals surface area contributed by atoms with Gasteiger partial charge >= 0.3 is 0 Å². The van der Waals surface area contributed by atoms with E-state index in [0.717, 1.165) is 0 Å². The largest absolute Gasteiger partial charge is 0.368 e. The van der Waals surface area contributed by atoms with E-state index in [1.165, 1.54) is 0 Å². The Balaban J connectivity index is 0. The fourth-order valence-corrected chi connectivity index (χ4v) is 0.427. The fraction of sp³-hybridized carbons (Fsp3) is 0. The number of nitrogens with zero attached hydrogens (tertiary/aromatic N) is 3.